The maximum atomic E-state index is 13.0. The monoisotopic (exact) mass is 338 g/mol. The third kappa shape index (κ3) is 3.26. The summed E-state index contributed by atoms with van der Waals surface area (Å²) in [7, 11) is 0. The lowest BCUT2D eigenvalue weighted by Crippen LogP contribution is -2.23. The zero-order chi connectivity index (χ0) is 16.9. The molecule has 0 aliphatic heterocycles. The maximum Gasteiger partial charge on any atom is 0.260 e. The number of aryl methyl sites for hydroxylation is 1. The summed E-state index contributed by atoms with van der Waals surface area (Å²) in [5.74, 6) is 0. The van der Waals surface area contributed by atoms with Gasteiger partial charge in [-0.1, -0.05) is 48.9 Å². The van der Waals surface area contributed by atoms with Crippen molar-refractivity contribution in [2.24, 2.45) is 0 Å². The fraction of sp³-hybridized carbons (Fsp3) is 0.200. The van der Waals surface area contributed by atoms with Crippen molar-refractivity contribution in [2.75, 3.05) is 0 Å². The molecule has 3 aromatic rings. The lowest BCUT2D eigenvalue weighted by atomic mass is 10.1. The van der Waals surface area contributed by atoms with E-state index in [1.807, 2.05) is 36.4 Å². The number of allylic oxidation sites excluding steroid dienone is 2. The van der Waals surface area contributed by atoms with Crippen molar-refractivity contribution >= 4 is 22.6 Å². The largest absolute Gasteiger partial charge is 0.292 e. The quantitative estimate of drug-likeness (QED) is 0.608. The number of fused-ring (bicyclic) bond motifs is 1. The molecule has 0 radical (unpaired) electrons. The molecule has 3 rings (SSSR count). The Morgan fingerprint density at radius 1 is 1.12 bits per heavy atom. The Labute approximate surface area is 146 Å². The molecule has 0 unspecified atom stereocenters. The lowest BCUT2D eigenvalue weighted by molar-refractivity contribution is 0.701. The first-order valence-corrected chi connectivity index (χ1v) is 8.48. The van der Waals surface area contributed by atoms with E-state index in [1.54, 1.807) is 16.8 Å². The standard InChI is InChI=1S/C20H19ClN2O/c1-2-3-4-7-13-23-19-15(9-8-12-22-19)14-17(20(23)24)16-10-5-6-11-18(16)21/h3-6,8-12,14H,2,7,13H2,1H3. The molecule has 1 aromatic carbocycles. The summed E-state index contributed by atoms with van der Waals surface area (Å²) >= 11 is 6.30. The van der Waals surface area contributed by atoms with E-state index in [0.717, 1.165) is 23.8 Å². The van der Waals surface area contributed by atoms with Gasteiger partial charge in [-0.3, -0.25) is 9.36 Å². The van der Waals surface area contributed by atoms with E-state index in [-0.39, 0.29) is 5.56 Å². The Hall–Kier alpha value is -2.39. The Balaban J connectivity index is 2.18. The number of hydrogen-bond donors (Lipinski definition) is 0. The summed E-state index contributed by atoms with van der Waals surface area (Å²) in [6.07, 6.45) is 7.72. The van der Waals surface area contributed by atoms with Gasteiger partial charge < -0.3 is 0 Å². The molecule has 0 bridgehead atoms. The summed E-state index contributed by atoms with van der Waals surface area (Å²) in [5, 5.41) is 1.52. The van der Waals surface area contributed by atoms with Gasteiger partial charge in [0.2, 0.25) is 0 Å². The highest BCUT2D eigenvalue weighted by Crippen LogP contribution is 2.27. The van der Waals surface area contributed by atoms with Gasteiger partial charge in [-0.2, -0.15) is 0 Å². The topological polar surface area (TPSA) is 34.9 Å². The van der Waals surface area contributed by atoms with E-state index < -0.39 is 0 Å². The molecule has 24 heavy (non-hydrogen) atoms. The second kappa shape index (κ2) is 7.45. The Kier molecular flexibility index (Phi) is 5.11. The van der Waals surface area contributed by atoms with E-state index in [0.29, 0.717) is 22.8 Å². The molecule has 0 atom stereocenters. The number of rotatable bonds is 5. The van der Waals surface area contributed by atoms with Crippen LogP contribution in [0.1, 0.15) is 19.8 Å². The van der Waals surface area contributed by atoms with Crippen LogP contribution in [0.5, 0.6) is 0 Å². The highest BCUT2D eigenvalue weighted by molar-refractivity contribution is 6.33. The molecule has 2 heterocycles. The molecule has 0 N–H and O–H groups in total. The van der Waals surface area contributed by atoms with Crippen LogP contribution in [0, 0.1) is 0 Å². The molecule has 0 amide bonds. The van der Waals surface area contributed by atoms with Gasteiger partial charge in [0.1, 0.15) is 5.65 Å². The van der Waals surface area contributed by atoms with Crippen LogP contribution in [0.3, 0.4) is 0 Å². The molecule has 0 aliphatic carbocycles. The van der Waals surface area contributed by atoms with E-state index >= 15 is 0 Å². The summed E-state index contributed by atoms with van der Waals surface area (Å²) in [5.41, 5.74) is 2.02. The van der Waals surface area contributed by atoms with Crippen LogP contribution < -0.4 is 5.56 Å². The molecule has 0 aliphatic rings. The van der Waals surface area contributed by atoms with Crippen molar-refractivity contribution in [1.82, 2.24) is 9.55 Å². The van der Waals surface area contributed by atoms with Crippen molar-refractivity contribution in [3.8, 4) is 11.1 Å². The van der Waals surface area contributed by atoms with Gasteiger partial charge in [0.05, 0.1) is 0 Å². The predicted molar refractivity (Wildman–Crippen MR) is 100 cm³/mol. The number of aromatic nitrogens is 2. The van der Waals surface area contributed by atoms with Gasteiger partial charge in [-0.25, -0.2) is 4.98 Å². The number of halogens is 1. The molecule has 4 heteroatoms. The average molecular weight is 339 g/mol. The van der Waals surface area contributed by atoms with Crippen molar-refractivity contribution < 1.29 is 0 Å². The minimum absolute atomic E-state index is 0.0563. The second-order valence-electron chi connectivity index (χ2n) is 5.58. The highest BCUT2D eigenvalue weighted by atomic mass is 35.5. The number of nitrogens with zero attached hydrogens (tertiary/aromatic N) is 2. The SMILES string of the molecule is CCC=CCCn1c(=O)c(-c2ccccc2Cl)cc2cccnc21. The lowest BCUT2D eigenvalue weighted by Gasteiger charge is -2.12. The summed E-state index contributed by atoms with van der Waals surface area (Å²) < 4.78 is 1.74. The van der Waals surface area contributed by atoms with Gasteiger partial charge in [-0.15, -0.1) is 0 Å². The highest BCUT2D eigenvalue weighted by Gasteiger charge is 2.13. The van der Waals surface area contributed by atoms with Crippen LogP contribution in [0.2, 0.25) is 5.02 Å². The van der Waals surface area contributed by atoms with E-state index in [4.69, 9.17) is 11.6 Å². The zero-order valence-corrected chi connectivity index (χ0v) is 14.3. The summed E-state index contributed by atoms with van der Waals surface area (Å²) in [6.45, 7) is 2.69. The Morgan fingerprint density at radius 2 is 1.96 bits per heavy atom. The molecule has 0 saturated heterocycles. The maximum absolute atomic E-state index is 13.0. The molecular weight excluding hydrogens is 320 g/mol. The predicted octanol–water partition coefficient (Wildman–Crippen LogP) is 5.07. The van der Waals surface area contributed by atoms with Crippen LogP contribution in [0.25, 0.3) is 22.2 Å². The third-order valence-corrected chi connectivity index (χ3v) is 4.26. The van der Waals surface area contributed by atoms with Gasteiger partial charge in [0, 0.05) is 34.3 Å². The molecular formula is C20H19ClN2O. The Bertz CT molecular complexity index is 944. The van der Waals surface area contributed by atoms with Crippen LogP contribution in [0.15, 0.2) is 65.6 Å². The van der Waals surface area contributed by atoms with E-state index in [9.17, 15) is 4.79 Å². The normalized spacial score (nSPS) is 11.4. The number of hydrogen-bond acceptors (Lipinski definition) is 2. The first-order chi connectivity index (χ1) is 11.7. The first kappa shape index (κ1) is 16.5. The van der Waals surface area contributed by atoms with E-state index in [2.05, 4.69) is 24.1 Å². The van der Waals surface area contributed by atoms with E-state index in [1.165, 1.54) is 0 Å². The van der Waals surface area contributed by atoms with Crippen LogP contribution in [-0.4, -0.2) is 9.55 Å². The van der Waals surface area contributed by atoms with Gasteiger partial charge >= 0.3 is 0 Å². The van der Waals surface area contributed by atoms with Crippen LogP contribution in [0.4, 0.5) is 0 Å². The van der Waals surface area contributed by atoms with Crippen LogP contribution in [-0.2, 0) is 6.54 Å². The van der Waals surface area contributed by atoms with Crippen LogP contribution >= 0.6 is 11.6 Å². The minimum atomic E-state index is -0.0563. The van der Waals surface area contributed by atoms with Gasteiger partial charge in [0.25, 0.3) is 5.56 Å². The molecule has 2 aromatic heterocycles. The molecule has 122 valence electrons. The molecule has 0 saturated carbocycles. The molecule has 3 nitrogen and oxygen atoms in total. The fourth-order valence-electron chi connectivity index (χ4n) is 2.77. The first-order valence-electron chi connectivity index (χ1n) is 8.11. The fourth-order valence-corrected chi connectivity index (χ4v) is 3.01. The number of pyridine rings is 2. The van der Waals surface area contributed by atoms with Crippen molar-refractivity contribution in [1.29, 1.82) is 0 Å². The number of benzene rings is 1. The zero-order valence-electron chi connectivity index (χ0n) is 13.6. The smallest absolute Gasteiger partial charge is 0.260 e. The molecule has 0 spiro atoms. The minimum Gasteiger partial charge on any atom is -0.292 e. The second-order valence-corrected chi connectivity index (χ2v) is 5.99. The average Bonchev–Trinajstić information content (AvgIpc) is 2.60. The molecule has 0 fully saturated rings. The van der Waals surface area contributed by atoms with Crippen molar-refractivity contribution in [3.05, 3.63) is 76.2 Å². The summed E-state index contributed by atoms with van der Waals surface area (Å²) in [6, 6.07) is 13.2. The van der Waals surface area contributed by atoms with Crippen molar-refractivity contribution in [2.45, 2.75) is 26.3 Å². The Morgan fingerprint density at radius 3 is 2.75 bits per heavy atom. The summed E-state index contributed by atoms with van der Waals surface area (Å²) in [4.78, 5) is 17.4. The van der Waals surface area contributed by atoms with Gasteiger partial charge in [0.15, 0.2) is 0 Å². The third-order valence-electron chi connectivity index (χ3n) is 3.93. The van der Waals surface area contributed by atoms with Gasteiger partial charge in [-0.05, 0) is 37.1 Å². The van der Waals surface area contributed by atoms with Crippen molar-refractivity contribution in [3.63, 3.8) is 0 Å².